The van der Waals surface area contributed by atoms with Gasteiger partial charge < -0.3 is 15.6 Å². The lowest BCUT2D eigenvalue weighted by Crippen LogP contribution is -2.21. The minimum Gasteiger partial charge on any atom is -0.490 e. The Balaban J connectivity index is 3.24. The van der Waals surface area contributed by atoms with Crippen molar-refractivity contribution >= 4 is 11.7 Å². The summed E-state index contributed by atoms with van der Waals surface area (Å²) in [5.41, 5.74) is 5.33. The fourth-order valence-corrected chi connectivity index (χ4v) is 1.45. The third-order valence-corrected chi connectivity index (χ3v) is 2.34. The number of carbonyl (C=O) groups is 1. The summed E-state index contributed by atoms with van der Waals surface area (Å²) in [6, 6.07) is 3.99. The molecule has 7 nitrogen and oxygen atoms in total. The zero-order valence-corrected chi connectivity index (χ0v) is 9.12. The van der Waals surface area contributed by atoms with Gasteiger partial charge in [0.1, 0.15) is 0 Å². The summed E-state index contributed by atoms with van der Waals surface area (Å²) in [6.07, 6.45) is 0. The van der Waals surface area contributed by atoms with Gasteiger partial charge in [-0.3, -0.25) is 14.9 Å². The minimum absolute atomic E-state index is 0.0833. The molecule has 0 fully saturated rings. The number of hydrogen-bond donors (Lipinski definition) is 2. The van der Waals surface area contributed by atoms with Crippen LogP contribution in [0.5, 0.6) is 5.75 Å². The standard InChI is InChI=1S/C10H12N2O5/c1-17-9-3-2-6(4-8(9)12(15)16)7(5-11)10(13)14/h2-4,7H,5,11H2,1H3,(H,13,14). The Labute approximate surface area is 97.0 Å². The van der Waals surface area contributed by atoms with Gasteiger partial charge in [0.2, 0.25) is 0 Å². The summed E-state index contributed by atoms with van der Waals surface area (Å²) in [5, 5.41) is 19.7. The van der Waals surface area contributed by atoms with Crippen molar-refractivity contribution in [2.75, 3.05) is 13.7 Å². The zero-order valence-electron chi connectivity index (χ0n) is 9.12. The molecule has 7 heteroatoms. The molecule has 0 saturated carbocycles. The van der Waals surface area contributed by atoms with Gasteiger partial charge in [-0.15, -0.1) is 0 Å². The summed E-state index contributed by atoms with van der Waals surface area (Å²) in [6.45, 7) is -0.126. The zero-order chi connectivity index (χ0) is 13.0. The molecule has 1 unspecified atom stereocenters. The van der Waals surface area contributed by atoms with Crippen LogP contribution in [0.3, 0.4) is 0 Å². The van der Waals surface area contributed by atoms with Crippen molar-refractivity contribution < 1.29 is 19.6 Å². The van der Waals surface area contributed by atoms with E-state index in [2.05, 4.69) is 0 Å². The SMILES string of the molecule is COc1ccc(C(CN)C(=O)O)cc1[N+](=O)[O-]. The lowest BCUT2D eigenvalue weighted by Gasteiger charge is -2.10. The van der Waals surface area contributed by atoms with E-state index >= 15 is 0 Å². The van der Waals surface area contributed by atoms with Crippen LogP contribution in [0.2, 0.25) is 0 Å². The Kier molecular flexibility index (Phi) is 4.00. The average molecular weight is 240 g/mol. The fourth-order valence-electron chi connectivity index (χ4n) is 1.45. The molecule has 0 heterocycles. The van der Waals surface area contributed by atoms with Crippen LogP contribution in [0.15, 0.2) is 18.2 Å². The maximum absolute atomic E-state index is 10.9. The summed E-state index contributed by atoms with van der Waals surface area (Å²) in [5.74, 6) is -1.99. The van der Waals surface area contributed by atoms with Crippen molar-refractivity contribution in [3.8, 4) is 5.75 Å². The van der Waals surface area contributed by atoms with Crippen molar-refractivity contribution in [2.45, 2.75) is 5.92 Å². The third kappa shape index (κ3) is 2.70. The van der Waals surface area contributed by atoms with Gasteiger partial charge in [-0.2, -0.15) is 0 Å². The molecule has 0 saturated heterocycles. The third-order valence-electron chi connectivity index (χ3n) is 2.34. The van der Waals surface area contributed by atoms with Crippen LogP contribution >= 0.6 is 0 Å². The molecule has 1 atom stereocenters. The van der Waals surface area contributed by atoms with Crippen LogP contribution in [0.4, 0.5) is 5.69 Å². The highest BCUT2D eigenvalue weighted by molar-refractivity contribution is 5.77. The molecule has 17 heavy (non-hydrogen) atoms. The molecule has 1 aromatic carbocycles. The van der Waals surface area contributed by atoms with Crippen molar-refractivity contribution in [3.05, 3.63) is 33.9 Å². The molecule has 92 valence electrons. The van der Waals surface area contributed by atoms with E-state index < -0.39 is 16.8 Å². The number of nitro benzene ring substituents is 1. The molecular formula is C10H12N2O5. The maximum Gasteiger partial charge on any atom is 0.312 e. The molecule has 1 rings (SSSR count). The largest absolute Gasteiger partial charge is 0.490 e. The second-order valence-corrected chi connectivity index (χ2v) is 3.31. The number of carboxylic acid groups (broad SMARTS) is 1. The molecule has 0 aliphatic rings. The molecule has 0 aromatic heterocycles. The Morgan fingerprint density at radius 2 is 2.29 bits per heavy atom. The van der Waals surface area contributed by atoms with Crippen LogP contribution in [0.1, 0.15) is 11.5 Å². The predicted molar refractivity (Wildman–Crippen MR) is 59.1 cm³/mol. The van der Waals surface area contributed by atoms with Crippen LogP contribution in [0, 0.1) is 10.1 Å². The maximum atomic E-state index is 10.9. The van der Waals surface area contributed by atoms with Crippen molar-refractivity contribution in [1.29, 1.82) is 0 Å². The highest BCUT2D eigenvalue weighted by Crippen LogP contribution is 2.30. The second kappa shape index (κ2) is 5.26. The van der Waals surface area contributed by atoms with Crippen molar-refractivity contribution in [1.82, 2.24) is 0 Å². The van der Waals surface area contributed by atoms with Crippen LogP contribution in [-0.4, -0.2) is 29.7 Å². The highest BCUT2D eigenvalue weighted by Gasteiger charge is 2.23. The Bertz CT molecular complexity index is 446. The first-order valence-corrected chi connectivity index (χ1v) is 4.76. The monoisotopic (exact) mass is 240 g/mol. The number of ether oxygens (including phenoxy) is 1. The van der Waals surface area contributed by atoms with Crippen molar-refractivity contribution in [3.63, 3.8) is 0 Å². The summed E-state index contributed by atoms with van der Waals surface area (Å²) < 4.78 is 4.82. The van der Waals surface area contributed by atoms with Gasteiger partial charge in [0.25, 0.3) is 0 Å². The van der Waals surface area contributed by atoms with Crippen LogP contribution in [-0.2, 0) is 4.79 Å². The quantitative estimate of drug-likeness (QED) is 0.579. The molecule has 0 spiro atoms. The van der Waals surface area contributed by atoms with E-state index in [1.807, 2.05) is 0 Å². The molecule has 0 radical (unpaired) electrons. The van der Waals surface area contributed by atoms with Gasteiger partial charge in [0, 0.05) is 12.6 Å². The Morgan fingerprint density at radius 1 is 1.65 bits per heavy atom. The lowest BCUT2D eigenvalue weighted by molar-refractivity contribution is -0.385. The Hall–Kier alpha value is -2.15. The van der Waals surface area contributed by atoms with Gasteiger partial charge in [0.05, 0.1) is 18.0 Å². The van der Waals surface area contributed by atoms with Crippen LogP contribution in [0.25, 0.3) is 0 Å². The lowest BCUT2D eigenvalue weighted by atomic mass is 9.99. The first-order chi connectivity index (χ1) is 8.01. The van der Waals surface area contributed by atoms with E-state index in [-0.39, 0.29) is 23.5 Å². The topological polar surface area (TPSA) is 116 Å². The van der Waals surface area contributed by atoms with E-state index in [1.165, 1.54) is 25.3 Å². The van der Waals surface area contributed by atoms with Gasteiger partial charge in [-0.25, -0.2) is 0 Å². The summed E-state index contributed by atoms with van der Waals surface area (Å²) >= 11 is 0. The number of benzene rings is 1. The number of aliphatic carboxylic acids is 1. The summed E-state index contributed by atoms with van der Waals surface area (Å²) in [4.78, 5) is 21.0. The number of methoxy groups -OCH3 is 1. The molecule has 3 N–H and O–H groups in total. The Morgan fingerprint density at radius 3 is 2.71 bits per heavy atom. The number of nitrogens with zero attached hydrogens (tertiary/aromatic N) is 1. The number of hydrogen-bond acceptors (Lipinski definition) is 5. The van der Waals surface area contributed by atoms with E-state index in [4.69, 9.17) is 15.6 Å². The van der Waals surface area contributed by atoms with Gasteiger partial charge in [-0.05, 0) is 11.6 Å². The van der Waals surface area contributed by atoms with E-state index in [9.17, 15) is 14.9 Å². The van der Waals surface area contributed by atoms with E-state index in [0.717, 1.165) is 0 Å². The van der Waals surface area contributed by atoms with Gasteiger partial charge in [0.15, 0.2) is 5.75 Å². The van der Waals surface area contributed by atoms with Gasteiger partial charge in [-0.1, -0.05) is 6.07 Å². The first kappa shape index (κ1) is 12.9. The van der Waals surface area contributed by atoms with Crippen LogP contribution < -0.4 is 10.5 Å². The smallest absolute Gasteiger partial charge is 0.312 e. The minimum atomic E-state index is -1.12. The molecule has 0 aliphatic heterocycles. The number of nitrogens with two attached hydrogens (primary N) is 1. The molecule has 0 bridgehead atoms. The number of carboxylic acids is 1. The molecule has 1 aromatic rings. The molecular weight excluding hydrogens is 228 g/mol. The van der Waals surface area contributed by atoms with Gasteiger partial charge >= 0.3 is 11.7 Å². The normalized spacial score (nSPS) is 11.9. The number of nitro groups is 1. The predicted octanol–water partition coefficient (Wildman–Crippen LogP) is 0.730. The second-order valence-electron chi connectivity index (χ2n) is 3.31. The molecule has 0 aliphatic carbocycles. The van der Waals surface area contributed by atoms with E-state index in [1.54, 1.807) is 0 Å². The van der Waals surface area contributed by atoms with Crippen molar-refractivity contribution in [2.24, 2.45) is 5.73 Å². The average Bonchev–Trinajstić information content (AvgIpc) is 2.29. The highest BCUT2D eigenvalue weighted by atomic mass is 16.6. The molecule has 0 amide bonds. The summed E-state index contributed by atoms with van der Waals surface area (Å²) in [7, 11) is 1.31. The van der Waals surface area contributed by atoms with E-state index in [0.29, 0.717) is 0 Å². The fraction of sp³-hybridized carbons (Fsp3) is 0.300. The first-order valence-electron chi connectivity index (χ1n) is 4.76. The number of rotatable bonds is 5.